The summed E-state index contributed by atoms with van der Waals surface area (Å²) in [5.74, 6) is -0.0378. The van der Waals surface area contributed by atoms with E-state index in [-0.39, 0.29) is 35.0 Å². The third-order valence-electron chi connectivity index (χ3n) is 4.70. The van der Waals surface area contributed by atoms with E-state index < -0.39 is 15.9 Å². The molecule has 0 aliphatic rings. The molecule has 10 heteroatoms. The van der Waals surface area contributed by atoms with Crippen molar-refractivity contribution in [1.82, 2.24) is 15.6 Å². The number of carbonyl (C=O) groups is 2. The van der Waals surface area contributed by atoms with Crippen LogP contribution >= 0.6 is 0 Å². The van der Waals surface area contributed by atoms with Gasteiger partial charge in [-0.3, -0.25) is 19.3 Å². The average molecular weight is 483 g/mol. The second kappa shape index (κ2) is 11.8. The third kappa shape index (κ3) is 7.31. The van der Waals surface area contributed by atoms with Gasteiger partial charge < -0.3 is 15.4 Å². The molecule has 1 heterocycles. The Morgan fingerprint density at radius 2 is 1.71 bits per heavy atom. The Hall–Kier alpha value is -3.92. The zero-order chi connectivity index (χ0) is 24.4. The summed E-state index contributed by atoms with van der Waals surface area (Å²) < 4.78 is 33.1. The van der Waals surface area contributed by atoms with Crippen molar-refractivity contribution in [2.45, 2.75) is 24.8 Å². The van der Waals surface area contributed by atoms with Crippen molar-refractivity contribution >= 4 is 27.5 Å². The normalized spacial score (nSPS) is 10.9. The third-order valence-corrected chi connectivity index (χ3v) is 6.10. The first-order valence-corrected chi connectivity index (χ1v) is 12.2. The Kier molecular flexibility index (Phi) is 8.58. The summed E-state index contributed by atoms with van der Waals surface area (Å²) in [7, 11) is -3.84. The lowest BCUT2D eigenvalue weighted by Gasteiger charge is -2.11. The Balaban J connectivity index is 1.51. The van der Waals surface area contributed by atoms with Crippen molar-refractivity contribution in [3.8, 4) is 5.75 Å². The van der Waals surface area contributed by atoms with Crippen LogP contribution in [0.1, 0.15) is 29.3 Å². The molecule has 178 valence electrons. The molecule has 0 atom stereocenters. The Labute approximate surface area is 198 Å². The molecule has 1 aromatic heterocycles. The molecule has 2 amide bonds. The number of anilines is 1. The number of nitrogens with one attached hydrogen (secondary N) is 3. The highest BCUT2D eigenvalue weighted by Crippen LogP contribution is 2.20. The van der Waals surface area contributed by atoms with Gasteiger partial charge in [0.25, 0.3) is 15.9 Å². The summed E-state index contributed by atoms with van der Waals surface area (Å²) in [5, 5.41) is 5.44. The van der Waals surface area contributed by atoms with Gasteiger partial charge in [-0.15, -0.1) is 0 Å². The number of pyridine rings is 1. The lowest BCUT2D eigenvalue weighted by molar-refractivity contribution is -0.121. The monoisotopic (exact) mass is 482 g/mol. The number of aromatic nitrogens is 1. The van der Waals surface area contributed by atoms with Crippen molar-refractivity contribution in [3.63, 3.8) is 0 Å². The van der Waals surface area contributed by atoms with Crippen molar-refractivity contribution in [3.05, 3.63) is 84.2 Å². The van der Waals surface area contributed by atoms with E-state index in [1.54, 1.807) is 54.9 Å². The van der Waals surface area contributed by atoms with E-state index in [0.717, 1.165) is 5.56 Å². The summed E-state index contributed by atoms with van der Waals surface area (Å²) >= 11 is 0. The van der Waals surface area contributed by atoms with E-state index in [0.29, 0.717) is 18.9 Å². The lowest BCUT2D eigenvalue weighted by atomic mass is 10.2. The van der Waals surface area contributed by atoms with Gasteiger partial charge in [0.1, 0.15) is 5.75 Å². The van der Waals surface area contributed by atoms with Gasteiger partial charge >= 0.3 is 0 Å². The van der Waals surface area contributed by atoms with Gasteiger partial charge in [0.05, 0.1) is 11.5 Å². The quantitative estimate of drug-likeness (QED) is 0.386. The van der Waals surface area contributed by atoms with Crippen molar-refractivity contribution in [1.29, 1.82) is 0 Å². The molecule has 3 aromatic rings. The van der Waals surface area contributed by atoms with Crippen LogP contribution in [0.25, 0.3) is 0 Å². The standard InChI is InChI=1S/C24H26N4O5S/c1-2-33-21-6-8-22(9-7-21)34(31,32)28-20-5-3-4-19(16-20)24(30)26-15-12-23(29)27-17-18-10-13-25-14-11-18/h3-11,13-14,16,28H,2,12,15,17H2,1H3,(H,26,30)(H,27,29). The second-order valence-corrected chi connectivity index (χ2v) is 8.91. The van der Waals surface area contributed by atoms with Crippen LogP contribution in [0, 0.1) is 0 Å². The Morgan fingerprint density at radius 1 is 0.971 bits per heavy atom. The van der Waals surface area contributed by atoms with E-state index in [4.69, 9.17) is 4.74 Å². The molecule has 3 N–H and O–H groups in total. The number of rotatable bonds is 11. The zero-order valence-corrected chi connectivity index (χ0v) is 19.5. The fourth-order valence-electron chi connectivity index (χ4n) is 3.00. The van der Waals surface area contributed by atoms with Crippen LogP contribution in [0.4, 0.5) is 5.69 Å². The summed E-state index contributed by atoms with van der Waals surface area (Å²) in [6.07, 6.45) is 3.41. The summed E-state index contributed by atoms with van der Waals surface area (Å²) in [6.45, 7) is 2.85. The highest BCUT2D eigenvalue weighted by Gasteiger charge is 2.15. The maximum atomic E-state index is 12.7. The molecule has 0 unspecified atom stereocenters. The molecule has 9 nitrogen and oxygen atoms in total. The maximum Gasteiger partial charge on any atom is 0.261 e. The summed E-state index contributed by atoms with van der Waals surface area (Å²) in [6, 6.07) is 15.8. The molecule has 2 aromatic carbocycles. The molecule has 34 heavy (non-hydrogen) atoms. The molecule has 0 aliphatic heterocycles. The Morgan fingerprint density at radius 3 is 2.41 bits per heavy atom. The van der Waals surface area contributed by atoms with Crippen LogP contribution in [0.5, 0.6) is 5.75 Å². The van der Waals surface area contributed by atoms with Crippen LogP contribution in [-0.4, -0.2) is 38.4 Å². The van der Waals surface area contributed by atoms with Gasteiger partial charge in [-0.05, 0) is 67.1 Å². The molecule has 3 rings (SSSR count). The predicted octanol–water partition coefficient (Wildman–Crippen LogP) is 2.72. The highest BCUT2D eigenvalue weighted by atomic mass is 32.2. The highest BCUT2D eigenvalue weighted by molar-refractivity contribution is 7.92. The van der Waals surface area contributed by atoms with Gasteiger partial charge in [0.2, 0.25) is 5.91 Å². The molecular weight excluding hydrogens is 456 g/mol. The van der Waals surface area contributed by atoms with E-state index in [1.807, 2.05) is 6.92 Å². The number of hydrogen-bond donors (Lipinski definition) is 3. The number of ether oxygens (including phenoxy) is 1. The number of amides is 2. The maximum absolute atomic E-state index is 12.7. The van der Waals surface area contributed by atoms with Gasteiger partial charge in [-0.2, -0.15) is 0 Å². The van der Waals surface area contributed by atoms with Crippen LogP contribution in [0.3, 0.4) is 0 Å². The van der Waals surface area contributed by atoms with E-state index in [2.05, 4.69) is 20.3 Å². The van der Waals surface area contributed by atoms with Crippen molar-refractivity contribution < 1.29 is 22.7 Å². The fourth-order valence-corrected chi connectivity index (χ4v) is 4.05. The fraction of sp³-hybridized carbons (Fsp3) is 0.208. The molecule has 0 spiro atoms. The molecule has 0 bridgehead atoms. The van der Waals surface area contributed by atoms with E-state index in [9.17, 15) is 18.0 Å². The SMILES string of the molecule is CCOc1ccc(S(=O)(=O)Nc2cccc(C(=O)NCCC(=O)NCc3ccncc3)c2)cc1. The number of sulfonamides is 1. The first kappa shape index (κ1) is 24.7. The van der Waals surface area contributed by atoms with E-state index in [1.165, 1.54) is 18.2 Å². The molecule has 0 fully saturated rings. The minimum Gasteiger partial charge on any atom is -0.494 e. The first-order valence-electron chi connectivity index (χ1n) is 10.7. The summed E-state index contributed by atoms with van der Waals surface area (Å²) in [5.41, 5.74) is 1.44. The average Bonchev–Trinajstić information content (AvgIpc) is 2.84. The van der Waals surface area contributed by atoms with Crippen molar-refractivity contribution in [2.75, 3.05) is 17.9 Å². The van der Waals surface area contributed by atoms with E-state index >= 15 is 0 Å². The van der Waals surface area contributed by atoms with Gasteiger partial charge in [0.15, 0.2) is 0 Å². The second-order valence-electron chi connectivity index (χ2n) is 7.23. The number of hydrogen-bond acceptors (Lipinski definition) is 6. The number of nitrogens with zero attached hydrogens (tertiary/aromatic N) is 1. The van der Waals surface area contributed by atoms with Crippen molar-refractivity contribution in [2.24, 2.45) is 0 Å². The minimum atomic E-state index is -3.84. The van der Waals surface area contributed by atoms with Crippen LogP contribution in [0.2, 0.25) is 0 Å². The number of benzene rings is 2. The van der Waals surface area contributed by atoms with Gasteiger partial charge in [-0.1, -0.05) is 6.07 Å². The minimum absolute atomic E-state index is 0.0728. The van der Waals surface area contributed by atoms with Gasteiger partial charge in [0, 0.05) is 43.2 Å². The molecular formula is C24H26N4O5S. The summed E-state index contributed by atoms with van der Waals surface area (Å²) in [4.78, 5) is 28.4. The van der Waals surface area contributed by atoms with Crippen LogP contribution in [0.15, 0.2) is 78.0 Å². The first-order chi connectivity index (χ1) is 16.4. The lowest BCUT2D eigenvalue weighted by Crippen LogP contribution is -2.30. The smallest absolute Gasteiger partial charge is 0.261 e. The van der Waals surface area contributed by atoms with Crippen LogP contribution in [-0.2, 0) is 21.4 Å². The molecule has 0 saturated carbocycles. The topological polar surface area (TPSA) is 126 Å². The molecule has 0 saturated heterocycles. The Bertz CT molecular complexity index is 1220. The largest absolute Gasteiger partial charge is 0.494 e. The number of carbonyl (C=O) groups excluding carboxylic acids is 2. The molecule has 0 aliphatic carbocycles. The molecule has 0 radical (unpaired) electrons. The van der Waals surface area contributed by atoms with Crippen LogP contribution < -0.4 is 20.1 Å². The van der Waals surface area contributed by atoms with Gasteiger partial charge in [-0.25, -0.2) is 8.42 Å². The zero-order valence-electron chi connectivity index (χ0n) is 18.7. The predicted molar refractivity (Wildman–Crippen MR) is 128 cm³/mol.